The third-order valence-corrected chi connectivity index (χ3v) is 8.08. The van der Waals surface area contributed by atoms with E-state index in [2.05, 4.69) is 38.3 Å². The number of hydrogen-bond donors (Lipinski definition) is 1. The van der Waals surface area contributed by atoms with E-state index in [1.807, 2.05) is 52.9 Å². The monoisotopic (exact) mass is 567 g/mol. The summed E-state index contributed by atoms with van der Waals surface area (Å²) in [6.07, 6.45) is 4.79. The number of aromatic nitrogens is 4. The molecule has 41 heavy (non-hydrogen) atoms. The molecule has 4 aromatic rings. The van der Waals surface area contributed by atoms with Gasteiger partial charge in [0, 0.05) is 50.7 Å². The molecule has 2 fully saturated rings. The van der Waals surface area contributed by atoms with E-state index in [-0.39, 0.29) is 17.0 Å². The number of anilines is 1. The average molecular weight is 568 g/mol. The summed E-state index contributed by atoms with van der Waals surface area (Å²) >= 11 is 6.59. The van der Waals surface area contributed by atoms with Gasteiger partial charge in [0.05, 0.1) is 11.1 Å². The van der Waals surface area contributed by atoms with Crippen molar-refractivity contribution < 1.29 is 9.53 Å². The van der Waals surface area contributed by atoms with Crippen molar-refractivity contribution in [3.8, 4) is 34.6 Å². The molecule has 0 saturated carbocycles. The number of carbonyl (C=O) groups excluding carboxylic acids is 1. The second-order valence-corrected chi connectivity index (χ2v) is 10.7. The van der Waals surface area contributed by atoms with E-state index in [0.717, 1.165) is 50.3 Å². The van der Waals surface area contributed by atoms with Gasteiger partial charge in [-0.05, 0) is 49.1 Å². The number of pyridine rings is 1. The largest absolute Gasteiger partial charge is 0.454 e. The summed E-state index contributed by atoms with van der Waals surface area (Å²) in [7, 11) is 1.92. The summed E-state index contributed by atoms with van der Waals surface area (Å²) in [6.45, 7) is 6.96. The molecule has 2 N–H and O–H groups in total. The van der Waals surface area contributed by atoms with Crippen molar-refractivity contribution in [2.24, 2.45) is 13.0 Å². The zero-order chi connectivity index (χ0) is 28.5. The summed E-state index contributed by atoms with van der Waals surface area (Å²) in [5.74, 6) is 8.61. The van der Waals surface area contributed by atoms with Gasteiger partial charge < -0.3 is 19.9 Å². The van der Waals surface area contributed by atoms with Crippen LogP contribution in [-0.2, 0) is 11.8 Å². The third kappa shape index (κ3) is 5.24. The molecule has 208 valence electrons. The molecule has 6 rings (SSSR count). The second kappa shape index (κ2) is 11.2. The Labute approximate surface area is 243 Å². The fraction of sp³-hybridized carbons (Fsp3) is 0.290. The fourth-order valence-corrected chi connectivity index (χ4v) is 5.77. The van der Waals surface area contributed by atoms with Gasteiger partial charge in [-0.1, -0.05) is 42.3 Å². The van der Waals surface area contributed by atoms with Crippen LogP contribution < -0.4 is 10.5 Å². The Balaban J connectivity index is 1.25. The minimum Gasteiger partial charge on any atom is -0.454 e. The van der Waals surface area contributed by atoms with E-state index in [4.69, 9.17) is 22.1 Å². The van der Waals surface area contributed by atoms with Crippen molar-refractivity contribution in [2.75, 3.05) is 31.9 Å². The molecule has 0 aliphatic carbocycles. The molecule has 2 aliphatic rings. The molecule has 2 saturated heterocycles. The topological polar surface area (TPSA) is 102 Å². The summed E-state index contributed by atoms with van der Waals surface area (Å²) in [6, 6.07) is 13.5. The van der Waals surface area contributed by atoms with Crippen LogP contribution in [0.5, 0.6) is 11.5 Å². The van der Waals surface area contributed by atoms with Crippen LogP contribution >= 0.6 is 11.6 Å². The van der Waals surface area contributed by atoms with Gasteiger partial charge in [-0.2, -0.15) is 0 Å². The number of likely N-dealkylation sites (tertiary alicyclic amines) is 2. The first-order valence-electron chi connectivity index (χ1n) is 13.6. The fourth-order valence-electron chi connectivity index (χ4n) is 5.58. The van der Waals surface area contributed by atoms with Crippen LogP contribution in [0.1, 0.15) is 18.5 Å². The van der Waals surface area contributed by atoms with Crippen LogP contribution in [0.25, 0.3) is 22.3 Å². The van der Waals surface area contributed by atoms with Gasteiger partial charge in [-0.15, -0.1) is 0 Å². The predicted molar refractivity (Wildman–Crippen MR) is 159 cm³/mol. The van der Waals surface area contributed by atoms with Crippen LogP contribution in [0.3, 0.4) is 0 Å². The van der Waals surface area contributed by atoms with E-state index < -0.39 is 0 Å². The highest BCUT2D eigenvalue weighted by molar-refractivity contribution is 6.31. The van der Waals surface area contributed by atoms with E-state index in [9.17, 15) is 4.79 Å². The number of ether oxygens (including phenoxy) is 1. The number of nitrogens with zero attached hydrogens (tertiary/aromatic N) is 6. The molecule has 2 aliphatic heterocycles. The molecule has 0 spiro atoms. The highest BCUT2D eigenvalue weighted by Gasteiger charge is 2.34. The molecule has 9 nitrogen and oxygen atoms in total. The van der Waals surface area contributed by atoms with Gasteiger partial charge in [0.2, 0.25) is 5.91 Å². The van der Waals surface area contributed by atoms with Crippen molar-refractivity contribution in [2.45, 2.75) is 18.9 Å². The Morgan fingerprint density at radius 2 is 1.90 bits per heavy atom. The van der Waals surface area contributed by atoms with Crippen LogP contribution in [0.15, 0.2) is 61.4 Å². The number of amides is 1. The van der Waals surface area contributed by atoms with Gasteiger partial charge in [0.15, 0.2) is 10.9 Å². The molecule has 5 heterocycles. The zero-order valence-electron chi connectivity index (χ0n) is 22.8. The number of piperidine rings is 1. The number of benzene rings is 1. The van der Waals surface area contributed by atoms with Crippen LogP contribution in [0, 0.1) is 17.8 Å². The highest BCUT2D eigenvalue weighted by atomic mass is 35.5. The number of para-hydroxylation sites is 1. The van der Waals surface area contributed by atoms with Crippen LogP contribution in [-0.4, -0.2) is 67.4 Å². The molecule has 10 heteroatoms. The molecule has 0 radical (unpaired) electrons. The maximum Gasteiger partial charge on any atom is 0.245 e. The third-order valence-electron chi connectivity index (χ3n) is 7.81. The average Bonchev–Trinajstić information content (AvgIpc) is 3.26. The molecule has 1 aromatic carbocycles. The van der Waals surface area contributed by atoms with Crippen LogP contribution in [0.2, 0.25) is 5.15 Å². The van der Waals surface area contributed by atoms with Crippen molar-refractivity contribution in [1.82, 2.24) is 29.3 Å². The number of halogens is 1. The maximum absolute atomic E-state index is 11.9. The molecule has 1 amide bonds. The Hall–Kier alpha value is -4.39. The van der Waals surface area contributed by atoms with E-state index in [1.54, 1.807) is 6.07 Å². The maximum atomic E-state index is 11.9. The number of nitrogen functional groups attached to an aromatic ring is 1. The normalized spacial score (nSPS) is 16.2. The standard InChI is InChI=1S/C31H30ClN7O2/c1-3-26(40)38-15-13-21(14-16-38)39-17-20(18-39)9-11-24-27(28-30(33)34-19-35-31(28)37(24)2)23-10-12-25(29(32)36-23)41-22-7-5-4-6-8-22/h3-8,10,12,19-21H,1,13-18H2,2H3,(H2,33,34,35). The van der Waals surface area contributed by atoms with Gasteiger partial charge in [-0.25, -0.2) is 15.0 Å². The lowest BCUT2D eigenvalue weighted by Gasteiger charge is -2.45. The highest BCUT2D eigenvalue weighted by Crippen LogP contribution is 2.38. The molecule has 0 unspecified atom stereocenters. The number of nitrogens with two attached hydrogens (primary N) is 1. The van der Waals surface area contributed by atoms with Gasteiger partial charge in [0.25, 0.3) is 0 Å². The smallest absolute Gasteiger partial charge is 0.245 e. The van der Waals surface area contributed by atoms with Crippen molar-refractivity contribution in [3.05, 3.63) is 72.3 Å². The first-order valence-corrected chi connectivity index (χ1v) is 14.0. The Kier molecular flexibility index (Phi) is 7.35. The van der Waals surface area contributed by atoms with Crippen molar-refractivity contribution in [1.29, 1.82) is 0 Å². The minimum atomic E-state index is 0.0148. The van der Waals surface area contributed by atoms with Crippen LogP contribution in [0.4, 0.5) is 5.82 Å². The SMILES string of the molecule is C=CC(=O)N1CCC(N2CC(C#Cc3c(-c4ccc(Oc5ccccc5)c(Cl)n4)c4c(N)ncnc4n3C)C2)CC1. The molecular formula is C31H30ClN7O2. The molecule has 3 aromatic heterocycles. The van der Waals surface area contributed by atoms with Gasteiger partial charge in [-0.3, -0.25) is 9.69 Å². The van der Waals surface area contributed by atoms with Gasteiger partial charge in [0.1, 0.15) is 29.2 Å². The van der Waals surface area contributed by atoms with Crippen molar-refractivity contribution in [3.63, 3.8) is 0 Å². The Bertz CT molecular complexity index is 1680. The van der Waals surface area contributed by atoms with E-state index in [0.29, 0.717) is 40.1 Å². The van der Waals surface area contributed by atoms with E-state index in [1.165, 1.54) is 12.4 Å². The van der Waals surface area contributed by atoms with Gasteiger partial charge >= 0.3 is 0 Å². The number of aryl methyl sites for hydroxylation is 1. The predicted octanol–water partition coefficient (Wildman–Crippen LogP) is 4.52. The molecule has 0 atom stereocenters. The Morgan fingerprint density at radius 1 is 1.15 bits per heavy atom. The number of carbonyl (C=O) groups is 1. The summed E-state index contributed by atoms with van der Waals surface area (Å²) in [5.41, 5.74) is 9.13. The number of fused-ring (bicyclic) bond motifs is 1. The number of hydrogen-bond acceptors (Lipinski definition) is 7. The zero-order valence-corrected chi connectivity index (χ0v) is 23.5. The quantitative estimate of drug-likeness (QED) is 0.215. The lowest BCUT2D eigenvalue weighted by Crippen LogP contribution is -2.55. The first-order chi connectivity index (χ1) is 19.9. The second-order valence-electron chi connectivity index (χ2n) is 10.3. The lowest BCUT2D eigenvalue weighted by atomic mass is 9.93. The first kappa shape index (κ1) is 26.8. The minimum absolute atomic E-state index is 0.0148. The van der Waals surface area contributed by atoms with Crippen molar-refractivity contribution >= 4 is 34.4 Å². The lowest BCUT2D eigenvalue weighted by molar-refractivity contribution is -0.127. The summed E-state index contributed by atoms with van der Waals surface area (Å²) < 4.78 is 7.86. The number of rotatable bonds is 5. The van der Waals surface area contributed by atoms with E-state index >= 15 is 0 Å². The summed E-state index contributed by atoms with van der Waals surface area (Å²) in [5, 5.41) is 0.920. The Morgan fingerprint density at radius 3 is 2.61 bits per heavy atom. The molecular weight excluding hydrogens is 538 g/mol. The molecule has 0 bridgehead atoms. The summed E-state index contributed by atoms with van der Waals surface area (Å²) in [4.78, 5) is 29.6.